The second-order valence-electron chi connectivity index (χ2n) is 3.81. The van der Waals surface area contributed by atoms with Gasteiger partial charge in [0.15, 0.2) is 0 Å². The van der Waals surface area contributed by atoms with Crippen LogP contribution in [0.4, 0.5) is 5.69 Å². The number of hydrogen-bond acceptors (Lipinski definition) is 2. The average Bonchev–Trinajstić information content (AvgIpc) is 2.76. The number of aromatic amines is 1. The molecule has 0 saturated carbocycles. The maximum absolute atomic E-state index is 6.15. The molecule has 16 heavy (non-hydrogen) atoms. The Morgan fingerprint density at radius 3 is 2.81 bits per heavy atom. The van der Waals surface area contributed by atoms with Crippen molar-refractivity contribution in [3.05, 3.63) is 46.7 Å². The van der Waals surface area contributed by atoms with E-state index in [0.29, 0.717) is 0 Å². The Labute approximate surface area is 99.8 Å². The standard InChI is InChI=1S/C12H14ClN3/c1-8-4-3-5-10(13)12(8)15-9(2)11-6-7-14-16-11/h3-7,9,15H,1-2H3,(H,14,16). The van der Waals surface area contributed by atoms with Gasteiger partial charge in [0, 0.05) is 6.20 Å². The number of benzene rings is 1. The summed E-state index contributed by atoms with van der Waals surface area (Å²) in [4.78, 5) is 0. The van der Waals surface area contributed by atoms with Crippen LogP contribution in [0.2, 0.25) is 5.02 Å². The highest BCUT2D eigenvalue weighted by molar-refractivity contribution is 6.33. The molecule has 0 saturated heterocycles. The Morgan fingerprint density at radius 2 is 2.19 bits per heavy atom. The highest BCUT2D eigenvalue weighted by Gasteiger charge is 2.10. The average molecular weight is 236 g/mol. The molecule has 3 nitrogen and oxygen atoms in total. The molecule has 0 aliphatic rings. The van der Waals surface area contributed by atoms with Crippen molar-refractivity contribution >= 4 is 17.3 Å². The van der Waals surface area contributed by atoms with Gasteiger partial charge in [-0.3, -0.25) is 5.10 Å². The minimum absolute atomic E-state index is 0.154. The summed E-state index contributed by atoms with van der Waals surface area (Å²) in [5.41, 5.74) is 3.16. The van der Waals surface area contributed by atoms with Crippen molar-refractivity contribution in [2.75, 3.05) is 5.32 Å². The SMILES string of the molecule is Cc1cccc(Cl)c1NC(C)c1ccn[nH]1. The fourth-order valence-electron chi connectivity index (χ4n) is 1.62. The van der Waals surface area contributed by atoms with Gasteiger partial charge >= 0.3 is 0 Å². The van der Waals surface area contributed by atoms with Crippen LogP contribution >= 0.6 is 11.6 Å². The van der Waals surface area contributed by atoms with Crippen LogP contribution in [0.5, 0.6) is 0 Å². The van der Waals surface area contributed by atoms with Crippen LogP contribution in [0.15, 0.2) is 30.5 Å². The van der Waals surface area contributed by atoms with E-state index in [1.54, 1.807) is 6.20 Å². The van der Waals surface area contributed by atoms with Crippen LogP contribution in [0.1, 0.15) is 24.2 Å². The molecule has 0 amide bonds. The molecule has 1 heterocycles. The van der Waals surface area contributed by atoms with E-state index in [4.69, 9.17) is 11.6 Å². The molecule has 2 aromatic rings. The smallest absolute Gasteiger partial charge is 0.0652 e. The number of rotatable bonds is 3. The summed E-state index contributed by atoms with van der Waals surface area (Å²) in [5, 5.41) is 11.0. The minimum atomic E-state index is 0.154. The van der Waals surface area contributed by atoms with Gasteiger partial charge in [-0.1, -0.05) is 23.7 Å². The summed E-state index contributed by atoms with van der Waals surface area (Å²) in [6.45, 7) is 4.10. The second-order valence-corrected chi connectivity index (χ2v) is 4.22. The van der Waals surface area contributed by atoms with Crippen molar-refractivity contribution in [3.8, 4) is 0 Å². The van der Waals surface area contributed by atoms with E-state index in [1.165, 1.54) is 0 Å². The molecule has 0 aliphatic carbocycles. The number of para-hydroxylation sites is 1. The first-order valence-electron chi connectivity index (χ1n) is 5.19. The molecule has 0 spiro atoms. The van der Waals surface area contributed by atoms with E-state index in [1.807, 2.05) is 31.2 Å². The highest BCUT2D eigenvalue weighted by atomic mass is 35.5. The molecule has 0 fully saturated rings. The van der Waals surface area contributed by atoms with E-state index >= 15 is 0 Å². The third kappa shape index (κ3) is 2.19. The first kappa shape index (κ1) is 11.0. The van der Waals surface area contributed by atoms with Gasteiger partial charge in [0.25, 0.3) is 0 Å². The predicted molar refractivity (Wildman–Crippen MR) is 66.8 cm³/mol. The number of nitrogens with one attached hydrogen (secondary N) is 2. The van der Waals surface area contributed by atoms with E-state index in [-0.39, 0.29) is 6.04 Å². The molecular formula is C12H14ClN3. The number of H-pyrrole nitrogens is 1. The van der Waals surface area contributed by atoms with Crippen LogP contribution in [-0.4, -0.2) is 10.2 Å². The van der Waals surface area contributed by atoms with E-state index < -0.39 is 0 Å². The summed E-state index contributed by atoms with van der Waals surface area (Å²) in [6, 6.07) is 7.97. The molecule has 2 N–H and O–H groups in total. The second kappa shape index (κ2) is 4.58. The summed E-state index contributed by atoms with van der Waals surface area (Å²) >= 11 is 6.15. The van der Waals surface area contributed by atoms with Crippen molar-refractivity contribution in [1.29, 1.82) is 0 Å². The summed E-state index contributed by atoms with van der Waals surface area (Å²) < 4.78 is 0. The summed E-state index contributed by atoms with van der Waals surface area (Å²) in [7, 11) is 0. The van der Waals surface area contributed by atoms with Crippen LogP contribution in [0.25, 0.3) is 0 Å². The molecule has 0 radical (unpaired) electrons. The van der Waals surface area contributed by atoms with Crippen LogP contribution < -0.4 is 5.32 Å². The number of aromatic nitrogens is 2. The van der Waals surface area contributed by atoms with Gasteiger partial charge in [0.05, 0.1) is 22.4 Å². The fourth-order valence-corrected chi connectivity index (χ4v) is 1.89. The maximum atomic E-state index is 6.15. The number of hydrogen-bond donors (Lipinski definition) is 2. The number of halogens is 1. The molecule has 1 atom stereocenters. The van der Waals surface area contributed by atoms with Gasteiger partial charge in [-0.2, -0.15) is 5.10 Å². The van der Waals surface area contributed by atoms with Gasteiger partial charge < -0.3 is 5.32 Å². The van der Waals surface area contributed by atoms with Gasteiger partial charge in [0.2, 0.25) is 0 Å². The van der Waals surface area contributed by atoms with E-state index in [0.717, 1.165) is 22.0 Å². The molecular weight excluding hydrogens is 222 g/mol. The maximum Gasteiger partial charge on any atom is 0.0652 e. The topological polar surface area (TPSA) is 40.7 Å². The van der Waals surface area contributed by atoms with Gasteiger partial charge in [0.1, 0.15) is 0 Å². The zero-order chi connectivity index (χ0) is 11.5. The predicted octanol–water partition coefficient (Wildman–Crippen LogP) is 3.54. The van der Waals surface area contributed by atoms with Crippen molar-refractivity contribution in [2.24, 2.45) is 0 Å². The molecule has 4 heteroatoms. The zero-order valence-corrected chi connectivity index (χ0v) is 10.0. The lowest BCUT2D eigenvalue weighted by Crippen LogP contribution is -2.08. The normalized spacial score (nSPS) is 12.4. The Hall–Kier alpha value is -1.48. The Balaban J connectivity index is 2.21. The van der Waals surface area contributed by atoms with Gasteiger partial charge in [-0.15, -0.1) is 0 Å². The molecule has 1 aromatic heterocycles. The third-order valence-electron chi connectivity index (χ3n) is 2.57. The minimum Gasteiger partial charge on any atom is -0.376 e. The lowest BCUT2D eigenvalue weighted by molar-refractivity contribution is 0.824. The van der Waals surface area contributed by atoms with Crippen molar-refractivity contribution in [2.45, 2.75) is 19.9 Å². The Bertz CT molecular complexity index is 445. The van der Waals surface area contributed by atoms with Gasteiger partial charge in [-0.25, -0.2) is 0 Å². The zero-order valence-electron chi connectivity index (χ0n) is 9.29. The Morgan fingerprint density at radius 1 is 1.38 bits per heavy atom. The fraction of sp³-hybridized carbons (Fsp3) is 0.250. The molecule has 1 aromatic carbocycles. The number of anilines is 1. The van der Waals surface area contributed by atoms with Crippen LogP contribution in [0, 0.1) is 6.92 Å². The molecule has 1 unspecified atom stereocenters. The third-order valence-corrected chi connectivity index (χ3v) is 2.89. The summed E-state index contributed by atoms with van der Waals surface area (Å²) in [5.74, 6) is 0. The van der Waals surface area contributed by atoms with Crippen LogP contribution in [0.3, 0.4) is 0 Å². The lowest BCUT2D eigenvalue weighted by Gasteiger charge is -2.16. The van der Waals surface area contributed by atoms with Crippen LogP contribution in [-0.2, 0) is 0 Å². The number of aryl methyl sites for hydroxylation is 1. The lowest BCUT2D eigenvalue weighted by atomic mass is 10.1. The van der Waals surface area contributed by atoms with Crippen molar-refractivity contribution in [1.82, 2.24) is 10.2 Å². The number of nitrogens with zero attached hydrogens (tertiary/aromatic N) is 1. The molecule has 2 rings (SSSR count). The van der Waals surface area contributed by atoms with Crippen molar-refractivity contribution in [3.63, 3.8) is 0 Å². The van der Waals surface area contributed by atoms with Gasteiger partial charge in [-0.05, 0) is 31.5 Å². The van der Waals surface area contributed by atoms with Crippen molar-refractivity contribution < 1.29 is 0 Å². The largest absolute Gasteiger partial charge is 0.376 e. The summed E-state index contributed by atoms with van der Waals surface area (Å²) in [6.07, 6.45) is 1.74. The molecule has 0 bridgehead atoms. The molecule has 84 valence electrons. The quantitative estimate of drug-likeness (QED) is 0.854. The molecule has 0 aliphatic heterocycles. The monoisotopic (exact) mass is 235 g/mol. The highest BCUT2D eigenvalue weighted by Crippen LogP contribution is 2.28. The first-order chi connectivity index (χ1) is 7.68. The van der Waals surface area contributed by atoms with E-state index in [9.17, 15) is 0 Å². The van der Waals surface area contributed by atoms with E-state index in [2.05, 4.69) is 22.4 Å². The Kier molecular flexibility index (Phi) is 3.15. The first-order valence-corrected chi connectivity index (χ1v) is 5.57.